The van der Waals surface area contributed by atoms with Gasteiger partial charge in [-0.3, -0.25) is 0 Å². The van der Waals surface area contributed by atoms with E-state index in [0.29, 0.717) is 23.5 Å². The molecule has 0 radical (unpaired) electrons. The monoisotopic (exact) mass is 323 g/mol. The van der Waals surface area contributed by atoms with E-state index in [9.17, 15) is 0 Å². The van der Waals surface area contributed by atoms with Crippen molar-refractivity contribution in [2.45, 2.75) is 38.0 Å². The first-order chi connectivity index (χ1) is 11.8. The van der Waals surface area contributed by atoms with E-state index in [4.69, 9.17) is 9.72 Å². The molecule has 0 spiro atoms. The van der Waals surface area contributed by atoms with Gasteiger partial charge in [0.25, 0.3) is 6.01 Å². The Bertz CT molecular complexity index is 824. The fourth-order valence-electron chi connectivity index (χ4n) is 3.37. The van der Waals surface area contributed by atoms with Crippen LogP contribution < -0.4 is 10.1 Å². The van der Waals surface area contributed by atoms with Gasteiger partial charge in [-0.05, 0) is 25.0 Å². The number of hydrogen-bond donors (Lipinski definition) is 2. The van der Waals surface area contributed by atoms with Crippen molar-refractivity contribution in [1.82, 2.24) is 19.9 Å². The highest BCUT2D eigenvalue weighted by Gasteiger charge is 2.23. The quantitative estimate of drug-likeness (QED) is 0.754. The number of para-hydroxylation sites is 1. The molecule has 1 aromatic carbocycles. The Hall–Kier alpha value is -2.63. The van der Waals surface area contributed by atoms with E-state index in [2.05, 4.69) is 20.3 Å². The molecule has 124 valence electrons. The van der Waals surface area contributed by atoms with E-state index in [1.54, 1.807) is 7.11 Å². The Morgan fingerprint density at radius 1 is 1.04 bits per heavy atom. The van der Waals surface area contributed by atoms with Crippen molar-refractivity contribution in [1.29, 1.82) is 0 Å². The fraction of sp³-hybridized carbons (Fsp3) is 0.389. The average molecular weight is 323 g/mol. The predicted octanol–water partition coefficient (Wildman–Crippen LogP) is 4.15. The summed E-state index contributed by atoms with van der Waals surface area (Å²) >= 11 is 0. The number of fused-ring (bicyclic) bond motifs is 1. The van der Waals surface area contributed by atoms with Gasteiger partial charge >= 0.3 is 0 Å². The third-order valence-corrected chi connectivity index (χ3v) is 4.57. The fourth-order valence-corrected chi connectivity index (χ4v) is 3.37. The normalized spacial score (nSPS) is 15.5. The lowest BCUT2D eigenvalue weighted by molar-refractivity contribution is 0.385. The minimum Gasteiger partial charge on any atom is -0.468 e. The van der Waals surface area contributed by atoms with Gasteiger partial charge in [-0.1, -0.05) is 37.5 Å². The maximum atomic E-state index is 5.24. The number of hydrogen-bond acceptors (Lipinski definition) is 5. The average Bonchev–Trinajstić information content (AvgIpc) is 3.06. The van der Waals surface area contributed by atoms with Crippen LogP contribution >= 0.6 is 0 Å². The topological polar surface area (TPSA) is 75.7 Å². The van der Waals surface area contributed by atoms with Gasteiger partial charge in [0.15, 0.2) is 5.65 Å². The highest BCUT2D eigenvalue weighted by molar-refractivity contribution is 5.76. The number of nitrogens with one attached hydrogen (secondary N) is 2. The summed E-state index contributed by atoms with van der Waals surface area (Å²) in [6, 6.07) is 10.4. The van der Waals surface area contributed by atoms with Gasteiger partial charge in [0.05, 0.1) is 12.8 Å². The Kier molecular flexibility index (Phi) is 4.02. The standard InChI is InChI=1S/C18H21N5O/c1-24-18-21-15-14(12-8-4-2-5-9-12)20-17(22-16(15)23-18)19-13-10-6-3-7-11-13/h3,6-7,10-12H,2,4-5,8-9H2,1H3,(H2,19,20,21,22,23). The van der Waals surface area contributed by atoms with Crippen molar-refractivity contribution in [3.8, 4) is 6.01 Å². The summed E-state index contributed by atoms with van der Waals surface area (Å²) in [6.45, 7) is 0. The number of aromatic amines is 1. The molecule has 1 aliphatic rings. The number of H-pyrrole nitrogens is 1. The molecule has 0 aliphatic heterocycles. The minimum atomic E-state index is 0.450. The lowest BCUT2D eigenvalue weighted by Crippen LogP contribution is -2.10. The number of rotatable bonds is 4. The van der Waals surface area contributed by atoms with Crippen molar-refractivity contribution < 1.29 is 4.74 Å². The third kappa shape index (κ3) is 2.91. The Morgan fingerprint density at radius 3 is 2.58 bits per heavy atom. The van der Waals surface area contributed by atoms with Crippen molar-refractivity contribution in [3.63, 3.8) is 0 Å². The van der Waals surface area contributed by atoms with Gasteiger partial charge < -0.3 is 15.0 Å². The zero-order chi connectivity index (χ0) is 16.4. The number of anilines is 2. The Balaban J connectivity index is 1.77. The first-order valence-electron chi connectivity index (χ1n) is 8.47. The molecular formula is C18H21N5O. The number of benzene rings is 1. The van der Waals surface area contributed by atoms with Gasteiger partial charge in [-0.15, -0.1) is 0 Å². The molecule has 6 nitrogen and oxygen atoms in total. The van der Waals surface area contributed by atoms with E-state index in [0.717, 1.165) is 29.7 Å². The molecule has 24 heavy (non-hydrogen) atoms. The molecule has 1 saturated carbocycles. The van der Waals surface area contributed by atoms with Crippen LogP contribution in [0.1, 0.15) is 43.7 Å². The second kappa shape index (κ2) is 6.47. The van der Waals surface area contributed by atoms with Gasteiger partial charge in [0, 0.05) is 11.6 Å². The van der Waals surface area contributed by atoms with Crippen LogP contribution in [0.4, 0.5) is 11.6 Å². The van der Waals surface area contributed by atoms with Crippen LogP contribution in [0.3, 0.4) is 0 Å². The maximum Gasteiger partial charge on any atom is 0.295 e. The summed E-state index contributed by atoms with van der Waals surface area (Å²) in [7, 11) is 1.61. The van der Waals surface area contributed by atoms with Crippen LogP contribution in [-0.4, -0.2) is 27.0 Å². The van der Waals surface area contributed by atoms with E-state index in [1.165, 1.54) is 19.3 Å². The van der Waals surface area contributed by atoms with Gasteiger partial charge in [0.2, 0.25) is 5.95 Å². The van der Waals surface area contributed by atoms with Gasteiger partial charge in [0.1, 0.15) is 5.52 Å². The van der Waals surface area contributed by atoms with Crippen LogP contribution in [0.5, 0.6) is 6.01 Å². The summed E-state index contributed by atoms with van der Waals surface area (Å²) in [5, 5.41) is 3.29. The zero-order valence-electron chi connectivity index (χ0n) is 13.7. The molecule has 6 heteroatoms. The summed E-state index contributed by atoms with van der Waals surface area (Å²) < 4.78 is 5.24. The van der Waals surface area contributed by atoms with Crippen molar-refractivity contribution in [3.05, 3.63) is 36.0 Å². The highest BCUT2D eigenvalue weighted by atomic mass is 16.5. The Morgan fingerprint density at radius 2 is 1.83 bits per heavy atom. The zero-order valence-corrected chi connectivity index (χ0v) is 13.7. The van der Waals surface area contributed by atoms with Gasteiger partial charge in [-0.2, -0.15) is 9.97 Å². The molecule has 1 aliphatic carbocycles. The van der Waals surface area contributed by atoms with Gasteiger partial charge in [-0.25, -0.2) is 4.98 Å². The number of methoxy groups -OCH3 is 1. The largest absolute Gasteiger partial charge is 0.468 e. The van der Waals surface area contributed by atoms with Crippen LogP contribution in [0.2, 0.25) is 0 Å². The van der Waals surface area contributed by atoms with Crippen molar-refractivity contribution in [2.24, 2.45) is 0 Å². The van der Waals surface area contributed by atoms with E-state index in [-0.39, 0.29) is 0 Å². The maximum absolute atomic E-state index is 5.24. The molecule has 0 bridgehead atoms. The van der Waals surface area contributed by atoms with E-state index >= 15 is 0 Å². The predicted molar refractivity (Wildman–Crippen MR) is 93.8 cm³/mol. The smallest absolute Gasteiger partial charge is 0.295 e. The summed E-state index contributed by atoms with van der Waals surface area (Å²) in [5.41, 5.74) is 3.57. The molecule has 1 fully saturated rings. The first kappa shape index (κ1) is 14.9. The molecule has 3 aromatic rings. The number of ether oxygens (including phenoxy) is 1. The molecular weight excluding hydrogens is 302 g/mol. The summed E-state index contributed by atoms with van der Waals surface area (Å²) in [4.78, 5) is 17.0. The number of imidazole rings is 1. The highest BCUT2D eigenvalue weighted by Crippen LogP contribution is 2.35. The molecule has 0 saturated heterocycles. The molecule has 4 rings (SSSR count). The summed E-state index contributed by atoms with van der Waals surface area (Å²) in [5.74, 6) is 1.04. The minimum absolute atomic E-state index is 0.450. The molecule has 2 aromatic heterocycles. The van der Waals surface area contributed by atoms with Crippen LogP contribution in [-0.2, 0) is 0 Å². The van der Waals surface area contributed by atoms with Crippen LogP contribution in [0, 0.1) is 0 Å². The van der Waals surface area contributed by atoms with Crippen molar-refractivity contribution in [2.75, 3.05) is 12.4 Å². The van der Waals surface area contributed by atoms with E-state index in [1.807, 2.05) is 30.3 Å². The number of nitrogens with zero attached hydrogens (tertiary/aromatic N) is 3. The first-order valence-corrected chi connectivity index (χ1v) is 8.47. The second-order valence-electron chi connectivity index (χ2n) is 6.20. The molecule has 2 heterocycles. The van der Waals surface area contributed by atoms with Crippen LogP contribution in [0.25, 0.3) is 11.2 Å². The molecule has 0 atom stereocenters. The summed E-state index contributed by atoms with van der Waals surface area (Å²) in [6.07, 6.45) is 6.15. The number of aromatic nitrogens is 4. The van der Waals surface area contributed by atoms with E-state index < -0.39 is 0 Å². The molecule has 2 N–H and O–H groups in total. The molecule has 0 unspecified atom stereocenters. The molecule has 0 amide bonds. The van der Waals surface area contributed by atoms with Crippen molar-refractivity contribution >= 4 is 22.8 Å². The van der Waals surface area contributed by atoms with Crippen LogP contribution in [0.15, 0.2) is 30.3 Å². The second-order valence-corrected chi connectivity index (χ2v) is 6.20. The SMILES string of the molecule is COc1nc2nc(Nc3ccccc3)nc(C3CCCCC3)c2[nH]1. The Labute approximate surface area is 140 Å². The lowest BCUT2D eigenvalue weighted by Gasteiger charge is -2.21. The third-order valence-electron chi connectivity index (χ3n) is 4.57. The lowest BCUT2D eigenvalue weighted by atomic mass is 9.86.